The maximum Gasteiger partial charge on any atom is 0.251 e. The third-order valence-electron chi connectivity index (χ3n) is 5.84. The lowest BCUT2D eigenvalue weighted by Crippen LogP contribution is -2.36. The molecule has 1 aromatic heterocycles. The molecule has 0 bridgehead atoms. The number of carbonyl (C=O) groups excluding carboxylic acids is 1. The number of nitrogens with one attached hydrogen (secondary N) is 1. The number of fused-ring (bicyclic) bond motifs is 1. The standard InChI is InChI=1S/C24H28N4O/c1-16-6-8-19(9-7-16)23(28-12-4-5-13-28)15-25-24(29)20-10-11-21-22(14-20)27-18(3)17(2)26-21/h6-11,14,23H,4-5,12-13,15H2,1-3H3,(H,25,29). The molecule has 1 saturated heterocycles. The second-order valence-corrected chi connectivity index (χ2v) is 7.98. The van der Waals surface area contributed by atoms with E-state index in [4.69, 9.17) is 0 Å². The Kier molecular flexibility index (Phi) is 5.58. The van der Waals surface area contributed by atoms with Crippen LogP contribution in [0.3, 0.4) is 0 Å². The second-order valence-electron chi connectivity index (χ2n) is 7.98. The summed E-state index contributed by atoms with van der Waals surface area (Å²) in [6.45, 7) is 8.75. The number of amides is 1. The Bertz CT molecular complexity index is 1020. The lowest BCUT2D eigenvalue weighted by Gasteiger charge is -2.28. The molecule has 0 radical (unpaired) electrons. The van der Waals surface area contributed by atoms with Crippen LogP contribution in [0.5, 0.6) is 0 Å². The third kappa shape index (κ3) is 4.30. The largest absolute Gasteiger partial charge is 0.350 e. The molecule has 2 heterocycles. The molecule has 1 atom stereocenters. The third-order valence-corrected chi connectivity index (χ3v) is 5.84. The Labute approximate surface area is 172 Å². The van der Waals surface area contributed by atoms with Crippen LogP contribution in [0, 0.1) is 20.8 Å². The maximum absolute atomic E-state index is 12.9. The minimum atomic E-state index is -0.0664. The predicted octanol–water partition coefficient (Wildman–Crippen LogP) is 4.12. The summed E-state index contributed by atoms with van der Waals surface area (Å²) in [5.41, 5.74) is 6.52. The van der Waals surface area contributed by atoms with Crippen molar-refractivity contribution in [3.05, 3.63) is 70.5 Å². The molecular weight excluding hydrogens is 360 g/mol. The van der Waals surface area contributed by atoms with Gasteiger partial charge in [-0.1, -0.05) is 29.8 Å². The van der Waals surface area contributed by atoms with Crippen molar-refractivity contribution in [2.75, 3.05) is 19.6 Å². The molecule has 1 fully saturated rings. The van der Waals surface area contributed by atoms with Crippen molar-refractivity contribution >= 4 is 16.9 Å². The van der Waals surface area contributed by atoms with Gasteiger partial charge in [0, 0.05) is 12.1 Å². The van der Waals surface area contributed by atoms with Crippen LogP contribution in [-0.2, 0) is 0 Å². The molecule has 1 amide bonds. The molecule has 5 nitrogen and oxygen atoms in total. The molecule has 0 saturated carbocycles. The first-order valence-corrected chi connectivity index (χ1v) is 10.3. The van der Waals surface area contributed by atoms with Crippen LogP contribution < -0.4 is 5.32 Å². The number of aryl methyl sites for hydroxylation is 3. The SMILES string of the molecule is Cc1ccc(C(CNC(=O)c2ccc3nc(C)c(C)nc3c2)N2CCCC2)cc1. The van der Waals surface area contributed by atoms with Crippen LogP contribution in [0.25, 0.3) is 11.0 Å². The topological polar surface area (TPSA) is 58.1 Å². The van der Waals surface area contributed by atoms with E-state index < -0.39 is 0 Å². The molecule has 5 heteroatoms. The lowest BCUT2D eigenvalue weighted by atomic mass is 10.0. The minimum absolute atomic E-state index is 0.0664. The minimum Gasteiger partial charge on any atom is -0.350 e. The molecule has 0 aliphatic carbocycles. The zero-order valence-electron chi connectivity index (χ0n) is 17.4. The summed E-state index contributed by atoms with van der Waals surface area (Å²) in [5.74, 6) is -0.0664. The van der Waals surface area contributed by atoms with E-state index in [1.54, 1.807) is 0 Å². The molecule has 29 heavy (non-hydrogen) atoms. The van der Waals surface area contributed by atoms with Crippen LogP contribution in [0.15, 0.2) is 42.5 Å². The Morgan fingerprint density at radius 1 is 0.966 bits per heavy atom. The van der Waals surface area contributed by atoms with Gasteiger partial charge in [0.15, 0.2) is 0 Å². The maximum atomic E-state index is 12.9. The number of aromatic nitrogens is 2. The van der Waals surface area contributed by atoms with Gasteiger partial charge in [0.05, 0.1) is 28.5 Å². The van der Waals surface area contributed by atoms with Gasteiger partial charge in [0.25, 0.3) is 5.91 Å². The van der Waals surface area contributed by atoms with Gasteiger partial charge in [0.1, 0.15) is 0 Å². The number of carbonyl (C=O) groups is 1. The highest BCUT2D eigenvalue weighted by Crippen LogP contribution is 2.25. The number of benzene rings is 2. The van der Waals surface area contributed by atoms with Crippen molar-refractivity contribution in [3.63, 3.8) is 0 Å². The number of nitrogens with zero attached hydrogens (tertiary/aromatic N) is 3. The fourth-order valence-electron chi connectivity index (χ4n) is 3.96. The molecule has 1 N–H and O–H groups in total. The summed E-state index contributed by atoms with van der Waals surface area (Å²) in [6, 6.07) is 14.4. The smallest absolute Gasteiger partial charge is 0.251 e. The molecule has 0 spiro atoms. The van der Waals surface area contributed by atoms with Gasteiger partial charge in [-0.15, -0.1) is 0 Å². The van der Waals surface area contributed by atoms with E-state index in [2.05, 4.69) is 51.4 Å². The normalized spacial score (nSPS) is 15.6. The van der Waals surface area contributed by atoms with Crippen LogP contribution in [0.1, 0.15) is 51.8 Å². The van der Waals surface area contributed by atoms with Crippen LogP contribution in [0.4, 0.5) is 0 Å². The van der Waals surface area contributed by atoms with E-state index in [1.807, 2.05) is 32.0 Å². The average Bonchev–Trinajstić information content (AvgIpc) is 3.24. The Morgan fingerprint density at radius 3 is 2.31 bits per heavy atom. The first-order valence-electron chi connectivity index (χ1n) is 10.3. The highest BCUT2D eigenvalue weighted by molar-refractivity contribution is 5.97. The molecule has 4 rings (SSSR count). The number of hydrogen-bond acceptors (Lipinski definition) is 4. The van der Waals surface area contributed by atoms with E-state index in [-0.39, 0.29) is 11.9 Å². The first kappa shape index (κ1) is 19.5. The summed E-state index contributed by atoms with van der Waals surface area (Å²) >= 11 is 0. The van der Waals surface area contributed by atoms with E-state index in [9.17, 15) is 4.79 Å². The number of likely N-dealkylation sites (tertiary alicyclic amines) is 1. The summed E-state index contributed by atoms with van der Waals surface area (Å²) < 4.78 is 0. The van der Waals surface area contributed by atoms with Crippen molar-refractivity contribution in [3.8, 4) is 0 Å². The summed E-state index contributed by atoms with van der Waals surface area (Å²) in [7, 11) is 0. The second kappa shape index (κ2) is 8.29. The Morgan fingerprint density at radius 2 is 1.62 bits per heavy atom. The van der Waals surface area contributed by atoms with Gasteiger partial charge in [-0.25, -0.2) is 9.97 Å². The zero-order chi connectivity index (χ0) is 20.4. The van der Waals surface area contributed by atoms with Crippen molar-refractivity contribution in [2.24, 2.45) is 0 Å². The lowest BCUT2D eigenvalue weighted by molar-refractivity contribution is 0.0938. The van der Waals surface area contributed by atoms with Crippen molar-refractivity contribution in [1.29, 1.82) is 0 Å². The average molecular weight is 389 g/mol. The molecule has 150 valence electrons. The van der Waals surface area contributed by atoms with E-state index in [1.165, 1.54) is 24.0 Å². The van der Waals surface area contributed by atoms with E-state index in [0.717, 1.165) is 35.5 Å². The molecule has 1 aliphatic heterocycles. The van der Waals surface area contributed by atoms with Gasteiger partial charge < -0.3 is 5.32 Å². The Hall–Kier alpha value is -2.79. The fourth-order valence-corrected chi connectivity index (χ4v) is 3.96. The first-order chi connectivity index (χ1) is 14.0. The summed E-state index contributed by atoms with van der Waals surface area (Å²) in [4.78, 5) is 24.5. The quantitative estimate of drug-likeness (QED) is 0.714. The van der Waals surface area contributed by atoms with Crippen LogP contribution >= 0.6 is 0 Å². The van der Waals surface area contributed by atoms with Crippen molar-refractivity contribution in [2.45, 2.75) is 39.7 Å². The monoisotopic (exact) mass is 388 g/mol. The molecular formula is C24H28N4O. The highest BCUT2D eigenvalue weighted by Gasteiger charge is 2.24. The summed E-state index contributed by atoms with van der Waals surface area (Å²) in [5, 5.41) is 3.15. The Balaban J connectivity index is 1.52. The summed E-state index contributed by atoms with van der Waals surface area (Å²) in [6.07, 6.45) is 2.44. The number of rotatable bonds is 5. The molecule has 2 aromatic carbocycles. The van der Waals surface area contributed by atoms with Crippen molar-refractivity contribution < 1.29 is 4.79 Å². The van der Waals surface area contributed by atoms with Gasteiger partial charge in [-0.05, 0) is 70.5 Å². The van der Waals surface area contributed by atoms with Gasteiger partial charge in [0.2, 0.25) is 0 Å². The fraction of sp³-hybridized carbons (Fsp3) is 0.375. The molecule has 1 aliphatic rings. The molecule has 1 unspecified atom stereocenters. The van der Waals surface area contributed by atoms with Crippen LogP contribution in [0.2, 0.25) is 0 Å². The van der Waals surface area contributed by atoms with Gasteiger partial charge in [-0.2, -0.15) is 0 Å². The van der Waals surface area contributed by atoms with Crippen LogP contribution in [-0.4, -0.2) is 40.4 Å². The highest BCUT2D eigenvalue weighted by atomic mass is 16.1. The van der Waals surface area contributed by atoms with E-state index in [0.29, 0.717) is 12.1 Å². The van der Waals surface area contributed by atoms with Crippen molar-refractivity contribution in [1.82, 2.24) is 20.2 Å². The predicted molar refractivity (Wildman–Crippen MR) is 116 cm³/mol. The number of hydrogen-bond donors (Lipinski definition) is 1. The molecule has 3 aromatic rings. The van der Waals surface area contributed by atoms with E-state index >= 15 is 0 Å². The van der Waals surface area contributed by atoms with Gasteiger partial charge >= 0.3 is 0 Å². The zero-order valence-corrected chi connectivity index (χ0v) is 17.4. The van der Waals surface area contributed by atoms with Gasteiger partial charge in [-0.3, -0.25) is 9.69 Å².